The normalized spacial score (nSPS) is 19.2. The summed E-state index contributed by atoms with van der Waals surface area (Å²) in [7, 11) is 0. The summed E-state index contributed by atoms with van der Waals surface area (Å²) in [4.78, 5) is 37.2. The fourth-order valence-corrected chi connectivity index (χ4v) is 3.80. The van der Waals surface area contributed by atoms with Crippen molar-refractivity contribution >= 4 is 17.9 Å². The number of nitrogens with zero attached hydrogens (tertiary/aromatic N) is 1. The topological polar surface area (TPSA) is 86.7 Å². The minimum Gasteiger partial charge on any atom is -0.465 e. The summed E-state index contributed by atoms with van der Waals surface area (Å²) in [6, 6.07) is 6.30. The van der Waals surface area contributed by atoms with E-state index in [2.05, 4.69) is 5.32 Å². The van der Waals surface area contributed by atoms with Gasteiger partial charge in [-0.3, -0.25) is 14.5 Å². The highest BCUT2D eigenvalue weighted by Gasteiger charge is 2.37. The molecular formula is C18H22N2O4. The van der Waals surface area contributed by atoms with Crippen molar-refractivity contribution in [1.29, 1.82) is 0 Å². The molecule has 3 amide bonds. The Balaban J connectivity index is 1.71. The number of carboxylic acid groups (broad SMARTS) is 1. The maximum atomic E-state index is 12.5. The number of imide groups is 1. The average molecular weight is 330 g/mol. The standard InChI is InChI=1S/C18H22N2O4/c21-16-14-8-4-5-9-15(14)17(22)20(16)11-13(19-18(23)24)10-12-6-2-1-3-7-12/h4-5,8-9,12-13,19H,1-3,6-7,10-11H2,(H,23,24). The second-order valence-corrected chi connectivity index (χ2v) is 6.65. The Morgan fingerprint density at radius 3 is 2.25 bits per heavy atom. The molecule has 1 saturated carbocycles. The van der Waals surface area contributed by atoms with E-state index in [9.17, 15) is 14.4 Å². The number of benzene rings is 1. The van der Waals surface area contributed by atoms with Gasteiger partial charge in [0.05, 0.1) is 17.2 Å². The molecule has 1 aliphatic carbocycles. The van der Waals surface area contributed by atoms with E-state index < -0.39 is 12.1 Å². The molecule has 0 saturated heterocycles. The molecule has 2 N–H and O–H groups in total. The second-order valence-electron chi connectivity index (χ2n) is 6.65. The van der Waals surface area contributed by atoms with Crippen LogP contribution in [0, 0.1) is 5.92 Å². The Labute approximate surface area is 140 Å². The van der Waals surface area contributed by atoms with Crippen LogP contribution in [0.3, 0.4) is 0 Å². The van der Waals surface area contributed by atoms with Crippen LogP contribution in [0.4, 0.5) is 4.79 Å². The molecule has 0 spiro atoms. The Hall–Kier alpha value is -2.37. The molecule has 1 atom stereocenters. The van der Waals surface area contributed by atoms with Gasteiger partial charge in [0.1, 0.15) is 0 Å². The van der Waals surface area contributed by atoms with Crippen LogP contribution in [0.5, 0.6) is 0 Å². The minimum absolute atomic E-state index is 0.0924. The lowest BCUT2D eigenvalue weighted by atomic mass is 9.84. The third-order valence-electron chi connectivity index (χ3n) is 4.95. The number of fused-ring (bicyclic) bond motifs is 1. The van der Waals surface area contributed by atoms with Crippen LogP contribution in [0.2, 0.25) is 0 Å². The maximum absolute atomic E-state index is 12.5. The summed E-state index contributed by atoms with van der Waals surface area (Å²) in [5.74, 6) is -0.223. The first kappa shape index (κ1) is 16.5. The van der Waals surface area contributed by atoms with Crippen molar-refractivity contribution in [2.45, 2.75) is 44.6 Å². The zero-order valence-corrected chi connectivity index (χ0v) is 13.5. The molecular weight excluding hydrogens is 308 g/mol. The Morgan fingerprint density at radius 2 is 1.71 bits per heavy atom. The van der Waals surface area contributed by atoms with Gasteiger partial charge in [-0.2, -0.15) is 0 Å². The molecule has 1 heterocycles. The van der Waals surface area contributed by atoms with E-state index in [0.29, 0.717) is 23.5 Å². The van der Waals surface area contributed by atoms with Gasteiger partial charge in [0, 0.05) is 6.54 Å². The van der Waals surface area contributed by atoms with E-state index in [4.69, 9.17) is 5.11 Å². The molecule has 6 heteroatoms. The number of rotatable bonds is 5. The fourth-order valence-electron chi connectivity index (χ4n) is 3.80. The largest absolute Gasteiger partial charge is 0.465 e. The molecule has 6 nitrogen and oxygen atoms in total. The lowest BCUT2D eigenvalue weighted by molar-refractivity contribution is 0.0628. The van der Waals surface area contributed by atoms with Gasteiger partial charge in [-0.1, -0.05) is 44.2 Å². The third-order valence-corrected chi connectivity index (χ3v) is 4.95. The highest BCUT2D eigenvalue weighted by atomic mass is 16.4. The van der Waals surface area contributed by atoms with Gasteiger partial charge in [0.2, 0.25) is 0 Å². The van der Waals surface area contributed by atoms with Crippen LogP contribution < -0.4 is 5.32 Å². The zero-order valence-electron chi connectivity index (χ0n) is 13.5. The predicted molar refractivity (Wildman–Crippen MR) is 87.9 cm³/mol. The van der Waals surface area contributed by atoms with E-state index >= 15 is 0 Å². The molecule has 2 aliphatic rings. The molecule has 1 aromatic carbocycles. The van der Waals surface area contributed by atoms with E-state index in [0.717, 1.165) is 25.7 Å². The number of carbonyl (C=O) groups is 3. The summed E-state index contributed by atoms with van der Waals surface area (Å²) >= 11 is 0. The second kappa shape index (κ2) is 7.03. The summed E-state index contributed by atoms with van der Waals surface area (Å²) < 4.78 is 0. The molecule has 0 radical (unpaired) electrons. The van der Waals surface area contributed by atoms with Crippen LogP contribution in [0.1, 0.15) is 59.2 Å². The smallest absolute Gasteiger partial charge is 0.404 e. The lowest BCUT2D eigenvalue weighted by Crippen LogP contribution is -2.46. The van der Waals surface area contributed by atoms with E-state index in [-0.39, 0.29) is 18.4 Å². The van der Waals surface area contributed by atoms with Gasteiger partial charge < -0.3 is 10.4 Å². The Kier molecular flexibility index (Phi) is 4.83. The number of carbonyl (C=O) groups excluding carboxylic acids is 2. The number of amides is 3. The Morgan fingerprint density at radius 1 is 1.12 bits per heavy atom. The fraction of sp³-hybridized carbons (Fsp3) is 0.500. The van der Waals surface area contributed by atoms with Crippen molar-refractivity contribution in [2.75, 3.05) is 6.54 Å². The van der Waals surface area contributed by atoms with Crippen LogP contribution >= 0.6 is 0 Å². The van der Waals surface area contributed by atoms with Gasteiger partial charge >= 0.3 is 6.09 Å². The summed E-state index contributed by atoms with van der Waals surface area (Å²) in [6.07, 6.45) is 5.27. The number of nitrogens with one attached hydrogen (secondary N) is 1. The first-order valence-corrected chi connectivity index (χ1v) is 8.51. The van der Waals surface area contributed by atoms with Gasteiger partial charge in [-0.25, -0.2) is 4.79 Å². The number of hydrogen-bond acceptors (Lipinski definition) is 3. The van der Waals surface area contributed by atoms with Crippen molar-refractivity contribution in [1.82, 2.24) is 10.2 Å². The molecule has 1 unspecified atom stereocenters. The lowest BCUT2D eigenvalue weighted by Gasteiger charge is -2.28. The van der Waals surface area contributed by atoms with Crippen molar-refractivity contribution in [3.8, 4) is 0 Å². The van der Waals surface area contributed by atoms with Gasteiger partial charge in [0.25, 0.3) is 11.8 Å². The molecule has 0 bridgehead atoms. The average Bonchev–Trinajstić information content (AvgIpc) is 2.81. The summed E-state index contributed by atoms with van der Waals surface area (Å²) in [6.45, 7) is 0.0924. The van der Waals surface area contributed by atoms with Crippen molar-refractivity contribution < 1.29 is 19.5 Å². The molecule has 0 aromatic heterocycles. The van der Waals surface area contributed by atoms with Gasteiger partial charge in [-0.05, 0) is 24.5 Å². The van der Waals surface area contributed by atoms with Crippen LogP contribution in [-0.2, 0) is 0 Å². The van der Waals surface area contributed by atoms with Crippen molar-refractivity contribution in [3.05, 3.63) is 35.4 Å². The van der Waals surface area contributed by atoms with Crippen LogP contribution in [-0.4, -0.2) is 40.5 Å². The Bertz CT molecular complexity index is 617. The van der Waals surface area contributed by atoms with E-state index in [1.165, 1.54) is 11.3 Å². The summed E-state index contributed by atoms with van der Waals surface area (Å²) in [5.41, 5.74) is 0.795. The van der Waals surface area contributed by atoms with E-state index in [1.54, 1.807) is 24.3 Å². The zero-order chi connectivity index (χ0) is 17.1. The summed E-state index contributed by atoms with van der Waals surface area (Å²) in [5, 5.41) is 11.6. The minimum atomic E-state index is -1.12. The maximum Gasteiger partial charge on any atom is 0.404 e. The third kappa shape index (κ3) is 3.42. The predicted octanol–water partition coefficient (Wildman–Crippen LogP) is 2.89. The van der Waals surface area contributed by atoms with E-state index in [1.807, 2.05) is 0 Å². The molecule has 3 rings (SSSR count). The van der Waals surface area contributed by atoms with Crippen LogP contribution in [0.25, 0.3) is 0 Å². The van der Waals surface area contributed by atoms with Crippen molar-refractivity contribution in [3.63, 3.8) is 0 Å². The quantitative estimate of drug-likeness (QED) is 0.813. The van der Waals surface area contributed by atoms with Crippen molar-refractivity contribution in [2.24, 2.45) is 5.92 Å². The monoisotopic (exact) mass is 330 g/mol. The van der Waals surface area contributed by atoms with Crippen LogP contribution in [0.15, 0.2) is 24.3 Å². The highest BCUT2D eigenvalue weighted by molar-refractivity contribution is 6.21. The molecule has 128 valence electrons. The highest BCUT2D eigenvalue weighted by Crippen LogP contribution is 2.29. The molecule has 24 heavy (non-hydrogen) atoms. The first-order valence-electron chi connectivity index (χ1n) is 8.51. The molecule has 1 aromatic rings. The van der Waals surface area contributed by atoms with Gasteiger partial charge in [-0.15, -0.1) is 0 Å². The molecule has 1 aliphatic heterocycles. The first-order chi connectivity index (χ1) is 11.6. The SMILES string of the molecule is O=C(O)NC(CC1CCCCC1)CN1C(=O)c2ccccc2C1=O. The molecule has 1 fully saturated rings. The van der Waals surface area contributed by atoms with Gasteiger partial charge in [0.15, 0.2) is 0 Å². The number of hydrogen-bond donors (Lipinski definition) is 2.